The summed E-state index contributed by atoms with van der Waals surface area (Å²) in [5, 5.41) is 9.68. The molecule has 2 rings (SSSR count). The number of ether oxygens (including phenoxy) is 1. The maximum atomic E-state index is 14.3. The van der Waals surface area contributed by atoms with Gasteiger partial charge < -0.3 is 4.74 Å². The summed E-state index contributed by atoms with van der Waals surface area (Å²) in [6.45, 7) is 2.19. The molecule has 0 heterocycles. The summed E-state index contributed by atoms with van der Waals surface area (Å²) < 4.78 is 19.6. The molecule has 3 heteroatoms. The largest absolute Gasteiger partial charge is 0.496 e. The van der Waals surface area contributed by atoms with Crippen LogP contribution in [0.3, 0.4) is 0 Å². The van der Waals surface area contributed by atoms with Gasteiger partial charge in [0.2, 0.25) is 0 Å². The fourth-order valence-corrected chi connectivity index (χ4v) is 3.42. The monoisotopic (exact) mass is 275 g/mol. The van der Waals surface area contributed by atoms with Gasteiger partial charge in [-0.1, -0.05) is 25.8 Å². The number of halogens is 1. The molecular weight excluding hydrogens is 253 g/mol. The van der Waals surface area contributed by atoms with Gasteiger partial charge in [0.05, 0.1) is 24.2 Å². The Hall–Kier alpha value is -1.56. The molecule has 2 nitrogen and oxygen atoms in total. The van der Waals surface area contributed by atoms with Crippen molar-refractivity contribution < 1.29 is 9.13 Å². The molecule has 108 valence electrons. The Bertz CT molecular complexity index is 498. The van der Waals surface area contributed by atoms with Gasteiger partial charge in [0.1, 0.15) is 11.6 Å². The standard InChI is InChI=1S/C17H22FNO/c1-3-5-13-8-10-17(12-19,11-9-13)16-14(18)6-4-7-15(16)20-2/h4,6-7,13H,3,5,8-11H2,1-2H3/t13-,17+. The van der Waals surface area contributed by atoms with Gasteiger partial charge in [-0.3, -0.25) is 0 Å². The van der Waals surface area contributed by atoms with Gasteiger partial charge in [-0.2, -0.15) is 5.26 Å². The third-order valence-electron chi connectivity index (χ3n) is 4.54. The molecule has 20 heavy (non-hydrogen) atoms. The van der Waals surface area contributed by atoms with E-state index in [1.807, 2.05) is 0 Å². The number of benzene rings is 1. The summed E-state index contributed by atoms with van der Waals surface area (Å²) in [6.07, 6.45) is 5.83. The molecule has 1 fully saturated rings. The van der Waals surface area contributed by atoms with Crippen molar-refractivity contribution in [3.05, 3.63) is 29.6 Å². The maximum Gasteiger partial charge on any atom is 0.131 e. The molecule has 0 radical (unpaired) electrons. The van der Waals surface area contributed by atoms with E-state index in [9.17, 15) is 9.65 Å². The van der Waals surface area contributed by atoms with Crippen molar-refractivity contribution in [3.8, 4) is 11.8 Å². The highest BCUT2D eigenvalue weighted by atomic mass is 19.1. The molecule has 0 N–H and O–H groups in total. The Kier molecular flexibility index (Phi) is 4.65. The van der Waals surface area contributed by atoms with Crippen LogP contribution in [0.25, 0.3) is 0 Å². The highest BCUT2D eigenvalue weighted by Gasteiger charge is 2.40. The Morgan fingerprint density at radius 1 is 1.40 bits per heavy atom. The molecular formula is C17H22FNO. The average molecular weight is 275 g/mol. The Morgan fingerprint density at radius 2 is 2.10 bits per heavy atom. The van der Waals surface area contributed by atoms with Crippen molar-refractivity contribution >= 4 is 0 Å². The third kappa shape index (κ3) is 2.65. The van der Waals surface area contributed by atoms with Crippen LogP contribution in [0.5, 0.6) is 5.75 Å². The summed E-state index contributed by atoms with van der Waals surface area (Å²) in [6, 6.07) is 7.19. The molecule has 1 aliphatic carbocycles. The first-order valence-corrected chi connectivity index (χ1v) is 7.41. The molecule has 0 saturated heterocycles. The van der Waals surface area contributed by atoms with E-state index in [1.165, 1.54) is 26.0 Å². The van der Waals surface area contributed by atoms with Crippen molar-refractivity contribution in [2.24, 2.45) is 5.92 Å². The summed E-state index contributed by atoms with van der Waals surface area (Å²) >= 11 is 0. The summed E-state index contributed by atoms with van der Waals surface area (Å²) in [5.74, 6) is 0.861. The van der Waals surface area contributed by atoms with Crippen molar-refractivity contribution in [1.29, 1.82) is 5.26 Å². The van der Waals surface area contributed by atoms with Crippen LogP contribution in [0.4, 0.5) is 4.39 Å². The van der Waals surface area contributed by atoms with Crippen LogP contribution in [0.2, 0.25) is 0 Å². The van der Waals surface area contributed by atoms with Crippen molar-refractivity contribution in [3.63, 3.8) is 0 Å². The topological polar surface area (TPSA) is 33.0 Å². The third-order valence-corrected chi connectivity index (χ3v) is 4.54. The van der Waals surface area contributed by atoms with E-state index in [4.69, 9.17) is 4.74 Å². The molecule has 0 bridgehead atoms. The molecule has 0 unspecified atom stereocenters. The summed E-state index contributed by atoms with van der Waals surface area (Å²) in [4.78, 5) is 0. The minimum atomic E-state index is -0.721. The predicted molar refractivity (Wildman–Crippen MR) is 77.1 cm³/mol. The van der Waals surface area contributed by atoms with Gasteiger partial charge in [-0.05, 0) is 43.7 Å². The number of rotatable bonds is 4. The normalized spacial score (nSPS) is 26.0. The molecule has 0 aromatic heterocycles. The van der Waals surface area contributed by atoms with Gasteiger partial charge in [-0.15, -0.1) is 0 Å². The Morgan fingerprint density at radius 3 is 2.65 bits per heavy atom. The summed E-state index contributed by atoms with van der Waals surface area (Å²) in [5.41, 5.74) is -0.263. The van der Waals surface area contributed by atoms with Crippen molar-refractivity contribution in [1.82, 2.24) is 0 Å². The molecule has 0 spiro atoms. The smallest absolute Gasteiger partial charge is 0.131 e. The van der Waals surface area contributed by atoms with Gasteiger partial charge in [0.25, 0.3) is 0 Å². The van der Waals surface area contributed by atoms with Gasteiger partial charge in [0.15, 0.2) is 0 Å². The van der Waals surface area contributed by atoms with Crippen molar-refractivity contribution in [2.75, 3.05) is 7.11 Å². The predicted octanol–water partition coefficient (Wildman–Crippen LogP) is 4.59. The molecule has 1 aromatic carbocycles. The van der Waals surface area contributed by atoms with E-state index < -0.39 is 5.41 Å². The average Bonchev–Trinajstić information content (AvgIpc) is 2.48. The Labute approximate surface area is 120 Å². The van der Waals surface area contributed by atoms with Crippen LogP contribution < -0.4 is 4.74 Å². The lowest BCUT2D eigenvalue weighted by Gasteiger charge is -2.36. The van der Waals surface area contributed by atoms with Gasteiger partial charge in [0, 0.05) is 0 Å². The first-order chi connectivity index (χ1) is 9.66. The lowest BCUT2D eigenvalue weighted by Crippen LogP contribution is -2.31. The summed E-state index contributed by atoms with van der Waals surface area (Å²) in [7, 11) is 1.53. The van der Waals surface area contributed by atoms with Crippen LogP contribution in [0.15, 0.2) is 18.2 Å². The first-order valence-electron chi connectivity index (χ1n) is 7.41. The molecule has 0 aliphatic heterocycles. The number of nitriles is 1. The zero-order valence-electron chi connectivity index (χ0n) is 12.3. The van der Waals surface area contributed by atoms with E-state index in [0.29, 0.717) is 17.2 Å². The number of nitrogens with zero attached hydrogens (tertiary/aromatic N) is 1. The zero-order chi connectivity index (χ0) is 14.6. The van der Waals surface area contributed by atoms with E-state index in [2.05, 4.69) is 13.0 Å². The second-order valence-corrected chi connectivity index (χ2v) is 5.74. The first kappa shape index (κ1) is 14.8. The van der Waals surface area contributed by atoms with E-state index in [0.717, 1.165) is 25.7 Å². The van der Waals surface area contributed by atoms with Gasteiger partial charge >= 0.3 is 0 Å². The second-order valence-electron chi connectivity index (χ2n) is 5.74. The molecule has 1 aromatic rings. The lowest BCUT2D eigenvalue weighted by molar-refractivity contribution is 0.254. The van der Waals surface area contributed by atoms with Crippen LogP contribution in [-0.2, 0) is 5.41 Å². The quantitative estimate of drug-likeness (QED) is 0.805. The minimum absolute atomic E-state index is 0.320. The van der Waals surface area contributed by atoms with Crippen molar-refractivity contribution in [2.45, 2.75) is 50.9 Å². The molecule has 0 atom stereocenters. The fraction of sp³-hybridized carbons (Fsp3) is 0.588. The van der Waals surface area contributed by atoms with Crippen LogP contribution in [0.1, 0.15) is 51.0 Å². The highest BCUT2D eigenvalue weighted by Crippen LogP contribution is 2.46. The van der Waals surface area contributed by atoms with Crippen LogP contribution in [-0.4, -0.2) is 7.11 Å². The van der Waals surface area contributed by atoms with Gasteiger partial charge in [-0.25, -0.2) is 4.39 Å². The maximum absolute atomic E-state index is 14.3. The van der Waals surface area contributed by atoms with E-state index in [1.54, 1.807) is 12.1 Å². The SMILES string of the molecule is CCC[C@H]1CC[C@@](C#N)(c2c(F)cccc2OC)CC1. The number of hydrogen-bond acceptors (Lipinski definition) is 2. The lowest BCUT2D eigenvalue weighted by atomic mass is 9.66. The number of hydrogen-bond donors (Lipinski definition) is 0. The number of methoxy groups -OCH3 is 1. The molecule has 1 saturated carbocycles. The highest BCUT2D eigenvalue weighted by molar-refractivity contribution is 5.45. The second kappa shape index (κ2) is 6.26. The minimum Gasteiger partial charge on any atom is -0.496 e. The Balaban J connectivity index is 2.32. The van der Waals surface area contributed by atoms with E-state index in [-0.39, 0.29) is 5.82 Å². The molecule has 1 aliphatic rings. The van der Waals surface area contributed by atoms with E-state index >= 15 is 0 Å². The zero-order valence-corrected chi connectivity index (χ0v) is 12.3. The van der Waals surface area contributed by atoms with Crippen LogP contribution >= 0.6 is 0 Å². The van der Waals surface area contributed by atoms with Crippen LogP contribution in [0, 0.1) is 23.1 Å². The molecule has 0 amide bonds. The fourth-order valence-electron chi connectivity index (χ4n) is 3.42.